The summed E-state index contributed by atoms with van der Waals surface area (Å²) in [6, 6.07) is 7.02. The lowest BCUT2D eigenvalue weighted by molar-refractivity contribution is 0.710. The van der Waals surface area contributed by atoms with Crippen LogP contribution in [0, 0.1) is 0 Å². The number of halogens is 1. The molecular formula is C15H23ClN2. The molecule has 3 heteroatoms. The highest BCUT2D eigenvalue weighted by molar-refractivity contribution is 6.30. The molecule has 1 fully saturated rings. The number of rotatable bonds is 7. The molecule has 1 aromatic carbocycles. The summed E-state index contributed by atoms with van der Waals surface area (Å²) in [5.74, 6) is 0. The van der Waals surface area contributed by atoms with Gasteiger partial charge in [0, 0.05) is 29.8 Å². The molecule has 0 amide bonds. The van der Waals surface area contributed by atoms with E-state index in [2.05, 4.69) is 36.2 Å². The van der Waals surface area contributed by atoms with Crippen LogP contribution in [0.15, 0.2) is 18.2 Å². The highest BCUT2D eigenvalue weighted by Crippen LogP contribution is 2.35. The van der Waals surface area contributed by atoms with Gasteiger partial charge in [-0.1, -0.05) is 31.5 Å². The van der Waals surface area contributed by atoms with Crippen LogP contribution in [0.4, 0.5) is 5.69 Å². The summed E-state index contributed by atoms with van der Waals surface area (Å²) < 4.78 is 0. The van der Waals surface area contributed by atoms with E-state index in [1.165, 1.54) is 30.5 Å². The van der Waals surface area contributed by atoms with E-state index in [0.717, 1.165) is 30.7 Å². The van der Waals surface area contributed by atoms with Gasteiger partial charge in [0.2, 0.25) is 0 Å². The molecule has 0 spiro atoms. The summed E-state index contributed by atoms with van der Waals surface area (Å²) in [6.45, 7) is 7.43. The van der Waals surface area contributed by atoms with E-state index in [1.807, 2.05) is 6.07 Å². The molecule has 0 bridgehead atoms. The summed E-state index contributed by atoms with van der Waals surface area (Å²) in [7, 11) is 0. The molecule has 18 heavy (non-hydrogen) atoms. The molecular weight excluding hydrogens is 244 g/mol. The van der Waals surface area contributed by atoms with E-state index in [4.69, 9.17) is 11.6 Å². The first-order valence-corrected chi connectivity index (χ1v) is 7.39. The minimum absolute atomic E-state index is 0.740. The Hall–Kier alpha value is -0.730. The number of anilines is 1. The zero-order chi connectivity index (χ0) is 13.0. The highest BCUT2D eigenvalue weighted by Gasteiger charge is 2.29. The van der Waals surface area contributed by atoms with Crippen molar-refractivity contribution in [2.45, 2.75) is 45.7 Å². The SMILES string of the molecule is CCCN(c1cc(Cl)ccc1CNCC)C1CC1. The minimum Gasteiger partial charge on any atom is -0.368 e. The van der Waals surface area contributed by atoms with Crippen molar-refractivity contribution in [1.29, 1.82) is 0 Å². The lowest BCUT2D eigenvalue weighted by atomic mass is 10.1. The van der Waals surface area contributed by atoms with Crippen molar-refractivity contribution in [2.75, 3.05) is 18.0 Å². The second-order valence-electron chi connectivity index (χ2n) is 4.98. The monoisotopic (exact) mass is 266 g/mol. The fourth-order valence-electron chi connectivity index (χ4n) is 2.34. The molecule has 1 N–H and O–H groups in total. The van der Waals surface area contributed by atoms with Gasteiger partial charge in [0.1, 0.15) is 0 Å². The normalized spacial score (nSPS) is 14.8. The molecule has 0 atom stereocenters. The van der Waals surface area contributed by atoms with E-state index in [-0.39, 0.29) is 0 Å². The molecule has 0 unspecified atom stereocenters. The highest BCUT2D eigenvalue weighted by atomic mass is 35.5. The lowest BCUT2D eigenvalue weighted by Gasteiger charge is -2.27. The molecule has 1 aliphatic carbocycles. The van der Waals surface area contributed by atoms with Crippen LogP contribution in [0.25, 0.3) is 0 Å². The number of nitrogens with one attached hydrogen (secondary N) is 1. The summed E-state index contributed by atoms with van der Waals surface area (Å²) in [5.41, 5.74) is 2.69. The van der Waals surface area contributed by atoms with E-state index < -0.39 is 0 Å². The van der Waals surface area contributed by atoms with Crippen molar-refractivity contribution < 1.29 is 0 Å². The summed E-state index contributed by atoms with van der Waals surface area (Å²) in [4.78, 5) is 2.54. The quantitative estimate of drug-likeness (QED) is 0.807. The molecule has 0 heterocycles. The maximum absolute atomic E-state index is 6.17. The zero-order valence-corrected chi connectivity index (χ0v) is 12.1. The Morgan fingerprint density at radius 3 is 2.72 bits per heavy atom. The van der Waals surface area contributed by atoms with Crippen LogP contribution in [0.3, 0.4) is 0 Å². The average Bonchev–Trinajstić information content (AvgIpc) is 3.19. The third kappa shape index (κ3) is 3.39. The molecule has 2 nitrogen and oxygen atoms in total. The first kappa shape index (κ1) is 13.7. The van der Waals surface area contributed by atoms with Gasteiger partial charge in [-0.05, 0) is 43.5 Å². The van der Waals surface area contributed by atoms with Crippen LogP contribution in [0.2, 0.25) is 5.02 Å². The van der Waals surface area contributed by atoms with Crippen molar-refractivity contribution in [3.05, 3.63) is 28.8 Å². The average molecular weight is 267 g/mol. The maximum Gasteiger partial charge on any atom is 0.0429 e. The molecule has 0 saturated heterocycles. The molecule has 1 saturated carbocycles. The van der Waals surface area contributed by atoms with E-state index in [0.29, 0.717) is 0 Å². The van der Waals surface area contributed by atoms with Crippen molar-refractivity contribution in [3.8, 4) is 0 Å². The largest absolute Gasteiger partial charge is 0.368 e. The fourth-order valence-corrected chi connectivity index (χ4v) is 2.51. The van der Waals surface area contributed by atoms with Gasteiger partial charge in [-0.25, -0.2) is 0 Å². The first-order chi connectivity index (χ1) is 8.76. The van der Waals surface area contributed by atoms with Gasteiger partial charge < -0.3 is 10.2 Å². The second-order valence-corrected chi connectivity index (χ2v) is 5.41. The smallest absolute Gasteiger partial charge is 0.0429 e. The third-order valence-corrected chi connectivity index (χ3v) is 3.61. The topological polar surface area (TPSA) is 15.3 Å². The summed E-state index contributed by atoms with van der Waals surface area (Å²) in [5, 5.41) is 4.25. The van der Waals surface area contributed by atoms with Crippen LogP contribution in [0.1, 0.15) is 38.7 Å². The maximum atomic E-state index is 6.17. The van der Waals surface area contributed by atoms with Crippen LogP contribution in [-0.4, -0.2) is 19.1 Å². The zero-order valence-electron chi connectivity index (χ0n) is 11.4. The van der Waals surface area contributed by atoms with Crippen LogP contribution in [0.5, 0.6) is 0 Å². The minimum atomic E-state index is 0.740. The van der Waals surface area contributed by atoms with Gasteiger partial charge in [0.25, 0.3) is 0 Å². The number of hydrogen-bond donors (Lipinski definition) is 1. The van der Waals surface area contributed by atoms with Crippen molar-refractivity contribution in [2.24, 2.45) is 0 Å². The Morgan fingerprint density at radius 2 is 2.11 bits per heavy atom. The summed E-state index contributed by atoms with van der Waals surface area (Å²) in [6.07, 6.45) is 3.84. The van der Waals surface area contributed by atoms with Gasteiger partial charge in [0.15, 0.2) is 0 Å². The Kier molecular flexibility index (Phi) is 4.90. The van der Waals surface area contributed by atoms with Crippen LogP contribution in [-0.2, 0) is 6.54 Å². The van der Waals surface area contributed by atoms with E-state index in [1.54, 1.807) is 0 Å². The van der Waals surface area contributed by atoms with Gasteiger partial charge in [-0.15, -0.1) is 0 Å². The van der Waals surface area contributed by atoms with E-state index >= 15 is 0 Å². The van der Waals surface area contributed by atoms with Crippen molar-refractivity contribution in [1.82, 2.24) is 5.32 Å². The molecule has 0 radical (unpaired) electrons. The van der Waals surface area contributed by atoms with Crippen molar-refractivity contribution in [3.63, 3.8) is 0 Å². The van der Waals surface area contributed by atoms with Crippen LogP contribution < -0.4 is 10.2 Å². The Morgan fingerprint density at radius 1 is 1.33 bits per heavy atom. The molecule has 100 valence electrons. The second kappa shape index (κ2) is 6.44. The van der Waals surface area contributed by atoms with Crippen molar-refractivity contribution >= 4 is 17.3 Å². The predicted octanol–water partition coefficient (Wildman–Crippen LogP) is 3.83. The third-order valence-electron chi connectivity index (χ3n) is 3.37. The molecule has 1 aliphatic rings. The van der Waals surface area contributed by atoms with E-state index in [9.17, 15) is 0 Å². The van der Waals surface area contributed by atoms with Crippen LogP contribution >= 0.6 is 11.6 Å². The standard InChI is InChI=1S/C15H23ClN2/c1-3-9-18(14-7-8-14)15-10-13(16)6-5-12(15)11-17-4-2/h5-6,10,14,17H,3-4,7-9,11H2,1-2H3. The lowest BCUT2D eigenvalue weighted by Crippen LogP contribution is -2.28. The molecule has 2 rings (SSSR count). The Balaban J connectivity index is 2.23. The molecule has 1 aromatic rings. The van der Waals surface area contributed by atoms with Gasteiger partial charge in [-0.3, -0.25) is 0 Å². The Labute approximate surface area is 115 Å². The fraction of sp³-hybridized carbons (Fsp3) is 0.600. The number of nitrogens with zero attached hydrogens (tertiary/aromatic N) is 1. The van der Waals surface area contributed by atoms with Gasteiger partial charge >= 0.3 is 0 Å². The predicted molar refractivity (Wildman–Crippen MR) is 79.5 cm³/mol. The number of hydrogen-bond acceptors (Lipinski definition) is 2. The molecule has 0 aromatic heterocycles. The molecule has 0 aliphatic heterocycles. The van der Waals surface area contributed by atoms with Gasteiger partial charge in [0.05, 0.1) is 0 Å². The summed E-state index contributed by atoms with van der Waals surface area (Å²) >= 11 is 6.17. The number of benzene rings is 1. The van der Waals surface area contributed by atoms with Gasteiger partial charge in [-0.2, -0.15) is 0 Å². The Bertz CT molecular complexity index is 388. The first-order valence-electron chi connectivity index (χ1n) is 7.02.